The van der Waals surface area contributed by atoms with E-state index in [0.717, 1.165) is 17.4 Å². The van der Waals surface area contributed by atoms with Gasteiger partial charge in [0.25, 0.3) is 0 Å². The minimum absolute atomic E-state index is 0.597. The molecule has 1 heterocycles. The Bertz CT molecular complexity index is 761. The lowest BCUT2D eigenvalue weighted by Gasteiger charge is -2.08. The molecule has 0 amide bonds. The summed E-state index contributed by atoms with van der Waals surface area (Å²) in [5.41, 5.74) is 3.22. The van der Waals surface area contributed by atoms with Crippen LogP contribution in [0.15, 0.2) is 52.9 Å². The van der Waals surface area contributed by atoms with Gasteiger partial charge in [-0.1, -0.05) is 41.4 Å². The Kier molecular flexibility index (Phi) is 4.00. The summed E-state index contributed by atoms with van der Waals surface area (Å²) < 4.78 is 5.69. The maximum Gasteiger partial charge on any atom is 0.134 e. The summed E-state index contributed by atoms with van der Waals surface area (Å²) in [4.78, 5) is 0. The molecule has 21 heavy (non-hydrogen) atoms. The van der Waals surface area contributed by atoms with Gasteiger partial charge >= 0.3 is 0 Å². The van der Waals surface area contributed by atoms with Crippen molar-refractivity contribution >= 4 is 22.6 Å². The monoisotopic (exact) mass is 300 g/mol. The minimum Gasteiger partial charge on any atom is -0.458 e. The highest BCUT2D eigenvalue weighted by molar-refractivity contribution is 6.31. The predicted octanol–water partition coefficient (Wildman–Crippen LogP) is 5.06. The maximum atomic E-state index is 10.3. The zero-order chi connectivity index (χ0) is 14.8. The Hall–Kier alpha value is -1.77. The van der Waals surface area contributed by atoms with Crippen LogP contribution in [-0.4, -0.2) is 5.11 Å². The molecule has 1 N–H and O–H groups in total. The van der Waals surface area contributed by atoms with Crippen LogP contribution in [-0.2, 0) is 6.42 Å². The van der Waals surface area contributed by atoms with Crippen LogP contribution in [0, 0.1) is 6.92 Å². The van der Waals surface area contributed by atoms with Crippen LogP contribution < -0.4 is 0 Å². The second-order valence-corrected chi connectivity index (χ2v) is 5.81. The Balaban J connectivity index is 1.73. The van der Waals surface area contributed by atoms with Crippen molar-refractivity contribution in [3.63, 3.8) is 0 Å². The average Bonchev–Trinajstić information content (AvgIpc) is 2.88. The van der Waals surface area contributed by atoms with Gasteiger partial charge in [-0.05, 0) is 49.6 Å². The van der Waals surface area contributed by atoms with Gasteiger partial charge in [0.2, 0.25) is 0 Å². The first-order chi connectivity index (χ1) is 10.1. The zero-order valence-corrected chi connectivity index (χ0v) is 12.6. The summed E-state index contributed by atoms with van der Waals surface area (Å²) in [7, 11) is 0. The van der Waals surface area contributed by atoms with Gasteiger partial charge in [0.1, 0.15) is 17.4 Å². The summed E-state index contributed by atoms with van der Waals surface area (Å²) >= 11 is 5.96. The highest BCUT2D eigenvalue weighted by atomic mass is 35.5. The van der Waals surface area contributed by atoms with Gasteiger partial charge in [0, 0.05) is 10.4 Å². The van der Waals surface area contributed by atoms with Crippen molar-refractivity contribution in [3.05, 3.63) is 70.4 Å². The Morgan fingerprint density at radius 3 is 2.81 bits per heavy atom. The fourth-order valence-corrected chi connectivity index (χ4v) is 2.69. The van der Waals surface area contributed by atoms with Crippen molar-refractivity contribution in [2.75, 3.05) is 0 Å². The van der Waals surface area contributed by atoms with Crippen LogP contribution in [0.2, 0.25) is 5.02 Å². The third-order valence-electron chi connectivity index (χ3n) is 3.61. The third kappa shape index (κ3) is 3.29. The van der Waals surface area contributed by atoms with Crippen molar-refractivity contribution in [1.82, 2.24) is 0 Å². The number of fused-ring (bicyclic) bond motifs is 1. The molecular formula is C18H17ClO2. The molecule has 0 saturated carbocycles. The lowest BCUT2D eigenvalue weighted by Crippen LogP contribution is -1.98. The number of aryl methyl sites for hydroxylation is 2. The van der Waals surface area contributed by atoms with E-state index < -0.39 is 6.10 Å². The molecule has 2 aromatic carbocycles. The number of rotatable bonds is 4. The molecule has 1 aromatic heterocycles. The fraction of sp³-hybridized carbons (Fsp3) is 0.222. The summed E-state index contributed by atoms with van der Waals surface area (Å²) in [6, 6.07) is 15.7. The summed E-state index contributed by atoms with van der Waals surface area (Å²) in [5.74, 6) is 0.597. The molecule has 0 aliphatic rings. The van der Waals surface area contributed by atoms with E-state index in [4.69, 9.17) is 16.0 Å². The van der Waals surface area contributed by atoms with E-state index in [1.165, 1.54) is 11.1 Å². The molecule has 0 saturated heterocycles. The number of furan rings is 1. The number of aliphatic hydroxyl groups is 1. The number of aliphatic hydroxyl groups excluding tert-OH is 1. The number of hydrogen-bond donors (Lipinski definition) is 1. The van der Waals surface area contributed by atoms with Gasteiger partial charge in [0.05, 0.1) is 0 Å². The van der Waals surface area contributed by atoms with E-state index in [2.05, 4.69) is 25.1 Å². The van der Waals surface area contributed by atoms with E-state index in [1.807, 2.05) is 24.3 Å². The van der Waals surface area contributed by atoms with Crippen molar-refractivity contribution in [2.45, 2.75) is 25.9 Å². The second-order valence-electron chi connectivity index (χ2n) is 5.37. The Labute approximate surface area is 129 Å². The van der Waals surface area contributed by atoms with E-state index in [9.17, 15) is 5.11 Å². The van der Waals surface area contributed by atoms with Crippen molar-refractivity contribution in [1.29, 1.82) is 0 Å². The molecule has 3 heteroatoms. The SMILES string of the molecule is Cc1cccc(CCC(O)c2cc3cc(Cl)ccc3o2)c1. The van der Waals surface area contributed by atoms with Gasteiger partial charge in [-0.25, -0.2) is 0 Å². The van der Waals surface area contributed by atoms with Crippen molar-refractivity contribution in [3.8, 4) is 0 Å². The number of hydrogen-bond acceptors (Lipinski definition) is 2. The van der Waals surface area contributed by atoms with Crippen LogP contribution in [0.3, 0.4) is 0 Å². The van der Waals surface area contributed by atoms with Crippen molar-refractivity contribution in [2.24, 2.45) is 0 Å². The van der Waals surface area contributed by atoms with Gasteiger partial charge in [-0.15, -0.1) is 0 Å². The largest absolute Gasteiger partial charge is 0.458 e. The highest BCUT2D eigenvalue weighted by Gasteiger charge is 2.13. The van der Waals surface area contributed by atoms with E-state index in [0.29, 0.717) is 17.2 Å². The van der Waals surface area contributed by atoms with E-state index in [1.54, 1.807) is 6.07 Å². The first kappa shape index (κ1) is 14.2. The molecule has 0 fully saturated rings. The molecule has 3 rings (SSSR count). The third-order valence-corrected chi connectivity index (χ3v) is 3.85. The summed E-state index contributed by atoms with van der Waals surface area (Å²) in [5, 5.41) is 11.9. The molecule has 2 nitrogen and oxygen atoms in total. The van der Waals surface area contributed by atoms with Crippen LogP contribution >= 0.6 is 11.6 Å². The lowest BCUT2D eigenvalue weighted by atomic mass is 10.0. The first-order valence-electron chi connectivity index (χ1n) is 7.04. The van der Waals surface area contributed by atoms with Crippen LogP contribution in [0.1, 0.15) is 29.4 Å². The predicted molar refractivity (Wildman–Crippen MR) is 85.7 cm³/mol. The molecule has 1 atom stereocenters. The zero-order valence-electron chi connectivity index (χ0n) is 11.8. The summed E-state index contributed by atoms with van der Waals surface area (Å²) in [6.07, 6.45) is 0.856. The molecule has 1 unspecified atom stereocenters. The molecule has 0 spiro atoms. The smallest absolute Gasteiger partial charge is 0.134 e. The number of benzene rings is 2. The molecule has 0 aliphatic heterocycles. The Morgan fingerprint density at radius 1 is 1.14 bits per heavy atom. The van der Waals surface area contributed by atoms with Crippen LogP contribution in [0.25, 0.3) is 11.0 Å². The van der Waals surface area contributed by atoms with E-state index >= 15 is 0 Å². The fourth-order valence-electron chi connectivity index (χ4n) is 2.51. The summed E-state index contributed by atoms with van der Waals surface area (Å²) in [6.45, 7) is 2.07. The minimum atomic E-state index is -0.600. The topological polar surface area (TPSA) is 33.4 Å². The van der Waals surface area contributed by atoms with Crippen LogP contribution in [0.4, 0.5) is 0 Å². The molecule has 0 bridgehead atoms. The van der Waals surface area contributed by atoms with Gasteiger partial charge in [-0.3, -0.25) is 0 Å². The van der Waals surface area contributed by atoms with Crippen molar-refractivity contribution < 1.29 is 9.52 Å². The second kappa shape index (κ2) is 5.92. The Morgan fingerprint density at radius 2 is 2.00 bits per heavy atom. The highest BCUT2D eigenvalue weighted by Crippen LogP contribution is 2.28. The van der Waals surface area contributed by atoms with Crippen LogP contribution in [0.5, 0.6) is 0 Å². The standard InChI is InChI=1S/C18H17ClO2/c1-12-3-2-4-13(9-12)5-7-16(20)18-11-14-10-15(19)6-8-17(14)21-18/h2-4,6,8-11,16,20H,5,7H2,1H3. The van der Waals surface area contributed by atoms with E-state index in [-0.39, 0.29) is 0 Å². The molecule has 0 aliphatic carbocycles. The number of halogens is 1. The average molecular weight is 301 g/mol. The van der Waals surface area contributed by atoms with Gasteiger partial charge in [0.15, 0.2) is 0 Å². The first-order valence-corrected chi connectivity index (χ1v) is 7.42. The molecule has 0 radical (unpaired) electrons. The normalized spacial score (nSPS) is 12.7. The molecular weight excluding hydrogens is 284 g/mol. The molecule has 3 aromatic rings. The van der Waals surface area contributed by atoms with Gasteiger partial charge < -0.3 is 9.52 Å². The maximum absolute atomic E-state index is 10.3. The quantitative estimate of drug-likeness (QED) is 0.730. The molecule has 108 valence electrons. The lowest BCUT2D eigenvalue weighted by molar-refractivity contribution is 0.143. The van der Waals surface area contributed by atoms with Gasteiger partial charge in [-0.2, -0.15) is 0 Å².